The standard InChI is InChI=1S/C11H16N4O4S/c1-3-8-4-12-10(19-8)5-13-20(17,18)11-7(2)14-15-9(11)6-16/h4,13,16H,3,5-6H2,1-2H3,(H,14,15). The average molecular weight is 300 g/mol. The highest BCUT2D eigenvalue weighted by Crippen LogP contribution is 2.17. The van der Waals surface area contributed by atoms with Crippen LogP contribution in [0.2, 0.25) is 0 Å². The number of aliphatic hydroxyl groups excluding tert-OH is 1. The molecule has 2 heterocycles. The number of hydrogen-bond acceptors (Lipinski definition) is 6. The summed E-state index contributed by atoms with van der Waals surface area (Å²) in [6, 6.07) is 0. The van der Waals surface area contributed by atoms with Crippen LogP contribution in [0.4, 0.5) is 0 Å². The number of aryl methyl sites for hydroxylation is 2. The molecule has 0 bridgehead atoms. The Labute approximate surface area is 116 Å². The van der Waals surface area contributed by atoms with Crippen LogP contribution in [0.1, 0.15) is 30.0 Å². The first kappa shape index (κ1) is 14.7. The van der Waals surface area contributed by atoms with Gasteiger partial charge in [-0.05, 0) is 6.92 Å². The summed E-state index contributed by atoms with van der Waals surface area (Å²) in [6.07, 6.45) is 2.25. The van der Waals surface area contributed by atoms with Crippen LogP contribution in [-0.4, -0.2) is 28.7 Å². The van der Waals surface area contributed by atoms with E-state index in [2.05, 4.69) is 19.9 Å². The Kier molecular flexibility index (Phi) is 4.21. The van der Waals surface area contributed by atoms with Gasteiger partial charge in [-0.15, -0.1) is 0 Å². The molecule has 0 radical (unpaired) electrons. The van der Waals surface area contributed by atoms with Crippen LogP contribution >= 0.6 is 0 Å². The maximum absolute atomic E-state index is 12.2. The fraction of sp³-hybridized carbons (Fsp3) is 0.455. The third-order valence-electron chi connectivity index (χ3n) is 2.74. The van der Waals surface area contributed by atoms with E-state index in [0.717, 1.165) is 0 Å². The number of aliphatic hydroxyl groups is 1. The van der Waals surface area contributed by atoms with Crippen LogP contribution in [0, 0.1) is 6.92 Å². The number of H-pyrrole nitrogens is 1. The van der Waals surface area contributed by atoms with Gasteiger partial charge in [-0.1, -0.05) is 6.92 Å². The van der Waals surface area contributed by atoms with Crippen LogP contribution in [0.25, 0.3) is 0 Å². The molecule has 2 aromatic heterocycles. The number of hydrogen-bond donors (Lipinski definition) is 3. The van der Waals surface area contributed by atoms with Gasteiger partial charge in [0.05, 0.1) is 25.0 Å². The number of oxazole rings is 1. The van der Waals surface area contributed by atoms with Crippen molar-refractivity contribution in [1.29, 1.82) is 0 Å². The number of aromatic nitrogens is 3. The maximum Gasteiger partial charge on any atom is 0.244 e. The van der Waals surface area contributed by atoms with Crippen molar-refractivity contribution >= 4 is 10.0 Å². The van der Waals surface area contributed by atoms with Gasteiger partial charge >= 0.3 is 0 Å². The summed E-state index contributed by atoms with van der Waals surface area (Å²) >= 11 is 0. The molecule has 0 saturated heterocycles. The summed E-state index contributed by atoms with van der Waals surface area (Å²) in [5.41, 5.74) is 0.444. The first-order valence-electron chi connectivity index (χ1n) is 6.06. The zero-order valence-corrected chi connectivity index (χ0v) is 12.0. The minimum atomic E-state index is -3.79. The van der Waals surface area contributed by atoms with Gasteiger partial charge in [-0.2, -0.15) is 5.10 Å². The summed E-state index contributed by atoms with van der Waals surface area (Å²) in [4.78, 5) is 3.93. The number of aromatic amines is 1. The number of sulfonamides is 1. The Hall–Kier alpha value is -1.71. The fourth-order valence-corrected chi connectivity index (χ4v) is 3.08. The molecule has 0 aliphatic rings. The van der Waals surface area contributed by atoms with E-state index in [4.69, 9.17) is 9.52 Å². The lowest BCUT2D eigenvalue weighted by Crippen LogP contribution is -2.24. The topological polar surface area (TPSA) is 121 Å². The van der Waals surface area contributed by atoms with Crippen molar-refractivity contribution in [2.45, 2.75) is 38.3 Å². The molecule has 0 amide bonds. The Morgan fingerprint density at radius 3 is 2.85 bits per heavy atom. The Morgan fingerprint density at radius 2 is 2.25 bits per heavy atom. The van der Waals surface area contributed by atoms with E-state index in [-0.39, 0.29) is 23.0 Å². The van der Waals surface area contributed by atoms with Gasteiger partial charge in [0, 0.05) is 6.42 Å². The molecule has 0 fully saturated rings. The van der Waals surface area contributed by atoms with E-state index in [0.29, 0.717) is 17.9 Å². The molecule has 0 atom stereocenters. The highest BCUT2D eigenvalue weighted by atomic mass is 32.2. The van der Waals surface area contributed by atoms with Gasteiger partial charge in [0.25, 0.3) is 0 Å². The molecule has 0 aliphatic heterocycles. The van der Waals surface area contributed by atoms with Gasteiger partial charge in [0.15, 0.2) is 0 Å². The fourth-order valence-electron chi connectivity index (χ4n) is 1.76. The average Bonchev–Trinajstić information content (AvgIpc) is 3.02. The molecule has 3 N–H and O–H groups in total. The van der Waals surface area contributed by atoms with Crippen molar-refractivity contribution < 1.29 is 17.9 Å². The zero-order chi connectivity index (χ0) is 14.8. The smallest absolute Gasteiger partial charge is 0.244 e. The summed E-state index contributed by atoms with van der Waals surface area (Å²) in [7, 11) is -3.79. The summed E-state index contributed by atoms with van der Waals surface area (Å²) in [5, 5.41) is 15.4. The third-order valence-corrected chi connectivity index (χ3v) is 4.35. The second kappa shape index (κ2) is 5.73. The van der Waals surface area contributed by atoms with E-state index >= 15 is 0 Å². The molecule has 0 unspecified atom stereocenters. The molecule has 110 valence electrons. The Morgan fingerprint density at radius 1 is 1.50 bits per heavy atom. The molecule has 20 heavy (non-hydrogen) atoms. The molecule has 8 nitrogen and oxygen atoms in total. The minimum Gasteiger partial charge on any atom is -0.444 e. The molecule has 0 aliphatic carbocycles. The monoisotopic (exact) mass is 300 g/mol. The first-order valence-corrected chi connectivity index (χ1v) is 7.54. The lowest BCUT2D eigenvalue weighted by molar-refractivity contribution is 0.273. The SMILES string of the molecule is CCc1cnc(CNS(=O)(=O)c2c(CO)n[nH]c2C)o1. The summed E-state index contributed by atoms with van der Waals surface area (Å²) in [6.45, 7) is 2.97. The second-order valence-electron chi connectivity index (χ2n) is 4.18. The molecule has 0 aromatic carbocycles. The van der Waals surface area contributed by atoms with Gasteiger partial charge in [0.2, 0.25) is 15.9 Å². The predicted molar refractivity (Wildman–Crippen MR) is 69.2 cm³/mol. The van der Waals surface area contributed by atoms with Crippen LogP contribution in [-0.2, 0) is 29.6 Å². The normalized spacial score (nSPS) is 11.9. The molecule has 2 rings (SSSR count). The molecular weight excluding hydrogens is 284 g/mol. The van der Waals surface area contributed by atoms with Crippen molar-refractivity contribution in [3.05, 3.63) is 29.2 Å². The highest BCUT2D eigenvalue weighted by Gasteiger charge is 2.24. The Bertz CT molecular complexity index is 689. The predicted octanol–water partition coefficient (Wildman–Crippen LogP) is 0.239. The van der Waals surface area contributed by atoms with Crippen LogP contribution < -0.4 is 4.72 Å². The third kappa shape index (κ3) is 2.89. The Balaban J connectivity index is 2.17. The minimum absolute atomic E-state index is 0.0396. The van der Waals surface area contributed by atoms with E-state index in [9.17, 15) is 8.42 Å². The summed E-state index contributed by atoms with van der Waals surface area (Å²) in [5.74, 6) is 0.979. The zero-order valence-electron chi connectivity index (χ0n) is 11.2. The van der Waals surface area contributed by atoms with Gasteiger partial charge in [0.1, 0.15) is 16.3 Å². The van der Waals surface area contributed by atoms with Crippen LogP contribution in [0.5, 0.6) is 0 Å². The molecule has 0 saturated carbocycles. The molecule has 0 spiro atoms. The van der Waals surface area contributed by atoms with Crippen molar-refractivity contribution in [1.82, 2.24) is 19.9 Å². The number of rotatable bonds is 6. The molecule has 2 aromatic rings. The maximum atomic E-state index is 12.2. The van der Waals surface area contributed by atoms with Gasteiger partial charge in [-0.3, -0.25) is 5.10 Å². The largest absolute Gasteiger partial charge is 0.444 e. The molecular formula is C11H16N4O4S. The first-order chi connectivity index (χ1) is 9.47. The van der Waals surface area contributed by atoms with E-state index in [1.54, 1.807) is 13.1 Å². The summed E-state index contributed by atoms with van der Waals surface area (Å²) < 4.78 is 32.1. The van der Waals surface area contributed by atoms with E-state index in [1.165, 1.54) is 0 Å². The highest BCUT2D eigenvalue weighted by molar-refractivity contribution is 7.89. The number of nitrogens with one attached hydrogen (secondary N) is 2. The lowest BCUT2D eigenvalue weighted by Gasteiger charge is -2.05. The van der Waals surface area contributed by atoms with Crippen LogP contribution in [0.15, 0.2) is 15.5 Å². The number of nitrogens with zero attached hydrogens (tertiary/aromatic N) is 2. The van der Waals surface area contributed by atoms with Crippen molar-refractivity contribution in [2.24, 2.45) is 0 Å². The van der Waals surface area contributed by atoms with Gasteiger partial charge < -0.3 is 9.52 Å². The second-order valence-corrected chi connectivity index (χ2v) is 5.88. The molecule has 9 heteroatoms. The lowest BCUT2D eigenvalue weighted by atomic mass is 10.4. The van der Waals surface area contributed by atoms with Crippen LogP contribution in [0.3, 0.4) is 0 Å². The van der Waals surface area contributed by atoms with Crippen molar-refractivity contribution in [3.8, 4) is 0 Å². The van der Waals surface area contributed by atoms with Gasteiger partial charge in [-0.25, -0.2) is 18.1 Å². The van der Waals surface area contributed by atoms with Crippen molar-refractivity contribution in [2.75, 3.05) is 0 Å². The van der Waals surface area contributed by atoms with E-state index in [1.807, 2.05) is 6.92 Å². The van der Waals surface area contributed by atoms with Crippen molar-refractivity contribution in [3.63, 3.8) is 0 Å². The quantitative estimate of drug-likeness (QED) is 0.702. The van der Waals surface area contributed by atoms with E-state index < -0.39 is 16.6 Å².